The Morgan fingerprint density at radius 2 is 2.18 bits per heavy atom. The Bertz CT molecular complexity index is 595. The number of nitrogens with two attached hydrogens (primary N) is 1. The van der Waals surface area contributed by atoms with Crippen LogP contribution in [0.2, 0.25) is 0 Å². The Labute approximate surface area is 95.4 Å². The summed E-state index contributed by atoms with van der Waals surface area (Å²) in [5.74, 6) is -0.819. The number of anilines is 1. The van der Waals surface area contributed by atoms with Gasteiger partial charge in [-0.2, -0.15) is 5.10 Å². The molecule has 1 aromatic heterocycles. The van der Waals surface area contributed by atoms with Crippen molar-refractivity contribution in [3.05, 3.63) is 29.5 Å². The zero-order valence-electron chi connectivity index (χ0n) is 8.76. The van der Waals surface area contributed by atoms with E-state index in [0.717, 1.165) is 6.07 Å². The van der Waals surface area contributed by atoms with Gasteiger partial charge in [-0.05, 0) is 0 Å². The van der Waals surface area contributed by atoms with Crippen LogP contribution >= 0.6 is 0 Å². The van der Waals surface area contributed by atoms with Gasteiger partial charge in [0.2, 0.25) is 0 Å². The summed E-state index contributed by atoms with van der Waals surface area (Å²) < 4.78 is 32.6. The van der Waals surface area contributed by atoms with Crippen LogP contribution in [0.15, 0.2) is 12.3 Å². The predicted molar refractivity (Wildman–Crippen MR) is 57.6 cm³/mol. The highest BCUT2D eigenvalue weighted by Crippen LogP contribution is 2.41. The number of benzene rings is 1. The first-order chi connectivity index (χ1) is 8.18. The van der Waals surface area contributed by atoms with Gasteiger partial charge in [-0.3, -0.25) is 5.10 Å². The molecule has 6 heteroatoms. The average molecular weight is 237 g/mol. The highest BCUT2D eigenvalue weighted by molar-refractivity contribution is 5.80. The van der Waals surface area contributed by atoms with E-state index in [1.54, 1.807) is 0 Å². The molecule has 1 aliphatic rings. The number of fused-ring (bicyclic) bond motifs is 1. The largest absolute Gasteiger partial charge is 0.492 e. The molecule has 1 aliphatic heterocycles. The molecular weight excluding hydrogens is 228 g/mol. The first-order valence-corrected chi connectivity index (χ1v) is 5.11. The van der Waals surface area contributed by atoms with E-state index in [2.05, 4.69) is 10.2 Å². The number of aromatic amines is 1. The third kappa shape index (κ3) is 1.37. The lowest BCUT2D eigenvalue weighted by Crippen LogP contribution is -1.96. The number of nitrogens with one attached hydrogen (secondary N) is 1. The summed E-state index contributed by atoms with van der Waals surface area (Å²) >= 11 is 0. The van der Waals surface area contributed by atoms with Crippen molar-refractivity contribution in [3.8, 4) is 16.9 Å². The van der Waals surface area contributed by atoms with Crippen LogP contribution in [-0.4, -0.2) is 16.8 Å². The molecular formula is C11H9F2N3O. The fraction of sp³-hybridized carbons (Fsp3) is 0.182. The van der Waals surface area contributed by atoms with E-state index in [9.17, 15) is 8.78 Å². The van der Waals surface area contributed by atoms with Crippen molar-refractivity contribution < 1.29 is 13.5 Å². The second-order valence-corrected chi connectivity index (χ2v) is 3.82. The molecule has 0 saturated carbocycles. The minimum atomic E-state index is -0.698. The number of halogens is 2. The number of rotatable bonds is 1. The number of hydrogen-bond donors (Lipinski definition) is 2. The van der Waals surface area contributed by atoms with Crippen LogP contribution in [0, 0.1) is 11.6 Å². The number of ether oxygens (including phenoxy) is 1. The van der Waals surface area contributed by atoms with E-state index in [-0.39, 0.29) is 17.1 Å². The molecule has 0 bridgehead atoms. The van der Waals surface area contributed by atoms with E-state index in [1.807, 2.05) is 0 Å². The van der Waals surface area contributed by atoms with Crippen LogP contribution in [0.3, 0.4) is 0 Å². The SMILES string of the molecule is Nc1[nH]ncc1-c1c(F)cc(F)c2c1OCC2. The van der Waals surface area contributed by atoms with E-state index in [4.69, 9.17) is 10.5 Å². The van der Waals surface area contributed by atoms with Gasteiger partial charge in [0.15, 0.2) is 0 Å². The number of nitrogens with zero attached hydrogens (tertiary/aromatic N) is 1. The van der Waals surface area contributed by atoms with Crippen LogP contribution in [-0.2, 0) is 6.42 Å². The highest BCUT2D eigenvalue weighted by Gasteiger charge is 2.26. The molecule has 0 saturated heterocycles. The molecule has 0 unspecified atom stereocenters. The smallest absolute Gasteiger partial charge is 0.137 e. The molecule has 3 rings (SSSR count). The lowest BCUT2D eigenvalue weighted by atomic mass is 10.0. The number of hydrogen-bond acceptors (Lipinski definition) is 3. The standard InChI is InChI=1S/C11H9F2N3O/c12-7-3-8(13)9(6-4-15-16-11(6)14)10-5(7)1-2-17-10/h3-4H,1-2H2,(H3,14,15,16). The molecule has 0 spiro atoms. The van der Waals surface area contributed by atoms with Gasteiger partial charge < -0.3 is 10.5 Å². The maximum Gasteiger partial charge on any atom is 0.137 e. The minimum Gasteiger partial charge on any atom is -0.492 e. The zero-order chi connectivity index (χ0) is 12.0. The monoisotopic (exact) mass is 237 g/mol. The summed E-state index contributed by atoms with van der Waals surface area (Å²) in [5, 5.41) is 6.23. The van der Waals surface area contributed by atoms with Crippen molar-refractivity contribution in [3.63, 3.8) is 0 Å². The van der Waals surface area contributed by atoms with Gasteiger partial charge in [-0.15, -0.1) is 0 Å². The molecule has 3 N–H and O–H groups in total. The van der Waals surface area contributed by atoms with Crippen molar-refractivity contribution in [1.82, 2.24) is 10.2 Å². The maximum atomic E-state index is 13.8. The van der Waals surface area contributed by atoms with Crippen LogP contribution in [0.5, 0.6) is 5.75 Å². The maximum absolute atomic E-state index is 13.8. The summed E-state index contributed by atoms with van der Waals surface area (Å²) in [6.07, 6.45) is 1.83. The van der Waals surface area contributed by atoms with Crippen LogP contribution in [0.4, 0.5) is 14.6 Å². The van der Waals surface area contributed by atoms with Crippen LogP contribution in [0.25, 0.3) is 11.1 Å². The van der Waals surface area contributed by atoms with Crippen molar-refractivity contribution in [2.75, 3.05) is 12.3 Å². The summed E-state index contributed by atoms with van der Waals surface area (Å²) in [6, 6.07) is 0.856. The predicted octanol–water partition coefficient (Wildman–Crippen LogP) is 1.87. The van der Waals surface area contributed by atoms with Gasteiger partial charge >= 0.3 is 0 Å². The van der Waals surface area contributed by atoms with Gasteiger partial charge in [-0.1, -0.05) is 0 Å². The molecule has 0 amide bonds. The van der Waals surface area contributed by atoms with Crippen LogP contribution in [0.1, 0.15) is 5.56 Å². The normalized spacial score (nSPS) is 13.5. The first-order valence-electron chi connectivity index (χ1n) is 5.11. The summed E-state index contributed by atoms with van der Waals surface area (Å²) in [7, 11) is 0. The Morgan fingerprint density at radius 3 is 2.88 bits per heavy atom. The topological polar surface area (TPSA) is 63.9 Å². The second-order valence-electron chi connectivity index (χ2n) is 3.82. The fourth-order valence-electron chi connectivity index (χ4n) is 2.03. The molecule has 0 aliphatic carbocycles. The van der Waals surface area contributed by atoms with Gasteiger partial charge in [0.25, 0.3) is 0 Å². The number of nitrogen functional groups attached to an aromatic ring is 1. The third-order valence-corrected chi connectivity index (χ3v) is 2.82. The Hall–Kier alpha value is -2.11. The molecule has 4 nitrogen and oxygen atoms in total. The third-order valence-electron chi connectivity index (χ3n) is 2.82. The fourth-order valence-corrected chi connectivity index (χ4v) is 2.03. The van der Waals surface area contributed by atoms with Crippen molar-refractivity contribution in [2.24, 2.45) is 0 Å². The first kappa shape index (κ1) is 10.1. The molecule has 0 fully saturated rings. The second kappa shape index (κ2) is 3.44. The van der Waals surface area contributed by atoms with Gasteiger partial charge in [-0.25, -0.2) is 8.78 Å². The number of aromatic nitrogens is 2. The van der Waals surface area contributed by atoms with Gasteiger partial charge in [0, 0.05) is 18.1 Å². The Morgan fingerprint density at radius 1 is 1.35 bits per heavy atom. The molecule has 2 aromatic rings. The van der Waals surface area contributed by atoms with E-state index in [0.29, 0.717) is 24.2 Å². The summed E-state index contributed by atoms with van der Waals surface area (Å²) in [5.41, 5.74) is 6.59. The summed E-state index contributed by atoms with van der Waals surface area (Å²) in [4.78, 5) is 0. The van der Waals surface area contributed by atoms with E-state index < -0.39 is 11.6 Å². The summed E-state index contributed by atoms with van der Waals surface area (Å²) in [6.45, 7) is 0.348. The zero-order valence-corrected chi connectivity index (χ0v) is 8.76. The average Bonchev–Trinajstić information content (AvgIpc) is 2.88. The van der Waals surface area contributed by atoms with Crippen molar-refractivity contribution in [2.45, 2.75) is 6.42 Å². The molecule has 17 heavy (non-hydrogen) atoms. The molecule has 2 heterocycles. The lowest BCUT2D eigenvalue weighted by molar-refractivity contribution is 0.356. The van der Waals surface area contributed by atoms with Gasteiger partial charge in [0.05, 0.1) is 23.9 Å². The molecule has 0 radical (unpaired) electrons. The van der Waals surface area contributed by atoms with E-state index >= 15 is 0 Å². The quantitative estimate of drug-likeness (QED) is 0.795. The Kier molecular flexibility index (Phi) is 2.04. The molecule has 88 valence electrons. The molecule has 0 atom stereocenters. The highest BCUT2D eigenvalue weighted by atomic mass is 19.1. The van der Waals surface area contributed by atoms with Crippen LogP contribution < -0.4 is 10.5 Å². The minimum absolute atomic E-state index is 0.171. The Balaban J connectivity index is 2.31. The van der Waals surface area contributed by atoms with Gasteiger partial charge in [0.1, 0.15) is 23.2 Å². The number of H-pyrrole nitrogens is 1. The molecule has 1 aromatic carbocycles. The van der Waals surface area contributed by atoms with Crippen molar-refractivity contribution in [1.29, 1.82) is 0 Å². The van der Waals surface area contributed by atoms with Crippen molar-refractivity contribution >= 4 is 5.82 Å². The van der Waals surface area contributed by atoms with E-state index in [1.165, 1.54) is 6.20 Å². The lowest BCUT2D eigenvalue weighted by Gasteiger charge is -2.09.